The maximum absolute atomic E-state index is 5.50. The minimum atomic E-state index is 0.587. The quantitative estimate of drug-likeness (QED) is 0.722. The van der Waals surface area contributed by atoms with E-state index in [-0.39, 0.29) is 0 Å². The molecule has 84 valence electrons. The number of morpholine rings is 1. The van der Waals surface area contributed by atoms with Crippen LogP contribution in [0.2, 0.25) is 0 Å². The summed E-state index contributed by atoms with van der Waals surface area (Å²) in [5, 5.41) is 0. The van der Waals surface area contributed by atoms with Crippen LogP contribution in [0.15, 0.2) is 0 Å². The Balaban J connectivity index is 2.20. The van der Waals surface area contributed by atoms with E-state index in [0.29, 0.717) is 6.04 Å². The molecule has 0 bridgehead atoms. The highest BCUT2D eigenvalue weighted by Crippen LogP contribution is 2.12. The van der Waals surface area contributed by atoms with Crippen LogP contribution >= 0.6 is 0 Å². The summed E-state index contributed by atoms with van der Waals surface area (Å²) in [4.78, 5) is 2.53. The van der Waals surface area contributed by atoms with Gasteiger partial charge in [-0.25, -0.2) is 0 Å². The molecule has 0 saturated carbocycles. The van der Waals surface area contributed by atoms with Gasteiger partial charge in [0.15, 0.2) is 0 Å². The molecule has 3 heteroatoms. The number of nitrogens with two attached hydrogens (primary N) is 1. The summed E-state index contributed by atoms with van der Waals surface area (Å²) in [6.07, 6.45) is 2.40. The highest BCUT2D eigenvalue weighted by Gasteiger charge is 2.19. The Morgan fingerprint density at radius 3 is 3.00 bits per heavy atom. The zero-order valence-electron chi connectivity index (χ0n) is 9.54. The predicted molar refractivity (Wildman–Crippen MR) is 59.3 cm³/mol. The molecular formula is C11H24N2O. The van der Waals surface area contributed by atoms with Crippen LogP contribution in [0, 0.1) is 5.92 Å². The topological polar surface area (TPSA) is 38.5 Å². The third-order valence-corrected chi connectivity index (χ3v) is 2.95. The van der Waals surface area contributed by atoms with Crippen molar-refractivity contribution in [2.24, 2.45) is 11.7 Å². The Hall–Kier alpha value is -0.120. The molecule has 1 rings (SSSR count). The maximum atomic E-state index is 5.50. The smallest absolute Gasteiger partial charge is 0.0619 e. The van der Waals surface area contributed by atoms with Gasteiger partial charge >= 0.3 is 0 Å². The third-order valence-electron chi connectivity index (χ3n) is 2.95. The normalized spacial score (nSPS) is 26.4. The van der Waals surface area contributed by atoms with Crippen LogP contribution < -0.4 is 5.73 Å². The monoisotopic (exact) mass is 200 g/mol. The van der Waals surface area contributed by atoms with Gasteiger partial charge in [0.25, 0.3) is 0 Å². The summed E-state index contributed by atoms with van der Waals surface area (Å²) >= 11 is 0. The lowest BCUT2D eigenvalue weighted by Gasteiger charge is -2.35. The zero-order chi connectivity index (χ0) is 10.4. The third kappa shape index (κ3) is 3.95. The van der Waals surface area contributed by atoms with Crippen molar-refractivity contribution < 1.29 is 4.74 Å². The van der Waals surface area contributed by atoms with E-state index in [2.05, 4.69) is 18.7 Å². The summed E-state index contributed by atoms with van der Waals surface area (Å²) in [6.45, 7) is 9.46. The van der Waals surface area contributed by atoms with Crippen LogP contribution in [0.3, 0.4) is 0 Å². The minimum Gasteiger partial charge on any atom is -0.379 e. The van der Waals surface area contributed by atoms with Gasteiger partial charge in [0.1, 0.15) is 0 Å². The van der Waals surface area contributed by atoms with Gasteiger partial charge in [-0.1, -0.05) is 6.92 Å². The highest BCUT2D eigenvalue weighted by atomic mass is 16.5. The van der Waals surface area contributed by atoms with Crippen LogP contribution in [0.25, 0.3) is 0 Å². The van der Waals surface area contributed by atoms with E-state index < -0.39 is 0 Å². The molecule has 0 aliphatic carbocycles. The van der Waals surface area contributed by atoms with E-state index in [4.69, 9.17) is 10.5 Å². The van der Waals surface area contributed by atoms with Gasteiger partial charge < -0.3 is 10.5 Å². The van der Waals surface area contributed by atoms with Crippen LogP contribution in [0.4, 0.5) is 0 Å². The van der Waals surface area contributed by atoms with Crippen LogP contribution in [0.5, 0.6) is 0 Å². The second-order valence-electron chi connectivity index (χ2n) is 4.45. The second-order valence-corrected chi connectivity index (χ2v) is 4.45. The summed E-state index contributed by atoms with van der Waals surface area (Å²) in [5.74, 6) is 0.763. The van der Waals surface area contributed by atoms with Gasteiger partial charge in [-0.2, -0.15) is 0 Å². The fraction of sp³-hybridized carbons (Fsp3) is 1.00. The van der Waals surface area contributed by atoms with E-state index in [1.807, 2.05) is 0 Å². The molecule has 1 saturated heterocycles. The van der Waals surface area contributed by atoms with Gasteiger partial charge in [-0.3, -0.25) is 4.90 Å². The molecule has 2 N–H and O–H groups in total. The Labute approximate surface area is 87.6 Å². The van der Waals surface area contributed by atoms with Gasteiger partial charge in [-0.05, 0) is 32.2 Å². The van der Waals surface area contributed by atoms with Crippen molar-refractivity contribution in [3.05, 3.63) is 0 Å². The molecule has 0 spiro atoms. The van der Waals surface area contributed by atoms with Crippen LogP contribution in [-0.4, -0.2) is 43.8 Å². The highest BCUT2D eigenvalue weighted by molar-refractivity contribution is 4.72. The first-order valence-electron chi connectivity index (χ1n) is 5.76. The molecule has 3 nitrogen and oxygen atoms in total. The lowest BCUT2D eigenvalue weighted by Crippen LogP contribution is -2.45. The van der Waals surface area contributed by atoms with Gasteiger partial charge in [0.05, 0.1) is 13.2 Å². The first-order chi connectivity index (χ1) is 6.74. The second kappa shape index (κ2) is 6.38. The predicted octanol–water partition coefficient (Wildman–Crippen LogP) is 1.08. The van der Waals surface area contributed by atoms with Crippen molar-refractivity contribution in [1.82, 2.24) is 4.90 Å². The standard InChI is InChI=1S/C11H24N2O/c1-10(4-3-5-12)8-13-6-7-14-9-11(13)2/h10-11H,3-9,12H2,1-2H3. The molecule has 1 aliphatic heterocycles. The summed E-state index contributed by atoms with van der Waals surface area (Å²) in [5.41, 5.74) is 5.50. The van der Waals surface area contributed by atoms with E-state index in [1.54, 1.807) is 0 Å². The van der Waals surface area contributed by atoms with E-state index in [0.717, 1.165) is 38.6 Å². The van der Waals surface area contributed by atoms with Crippen molar-refractivity contribution in [3.8, 4) is 0 Å². The average molecular weight is 200 g/mol. The van der Waals surface area contributed by atoms with Crippen LogP contribution in [-0.2, 0) is 4.74 Å². The van der Waals surface area contributed by atoms with Crippen LogP contribution in [0.1, 0.15) is 26.7 Å². The van der Waals surface area contributed by atoms with E-state index >= 15 is 0 Å². The number of hydrogen-bond donors (Lipinski definition) is 1. The molecule has 14 heavy (non-hydrogen) atoms. The Morgan fingerprint density at radius 1 is 1.57 bits per heavy atom. The van der Waals surface area contributed by atoms with Crippen molar-refractivity contribution in [2.75, 3.05) is 32.8 Å². The van der Waals surface area contributed by atoms with Gasteiger partial charge in [-0.15, -0.1) is 0 Å². The molecule has 0 aromatic rings. The Bertz CT molecular complexity index is 152. The molecular weight excluding hydrogens is 176 g/mol. The first kappa shape index (κ1) is 12.0. The van der Waals surface area contributed by atoms with E-state index in [1.165, 1.54) is 13.0 Å². The Kier molecular flexibility index (Phi) is 5.45. The van der Waals surface area contributed by atoms with Gasteiger partial charge in [0, 0.05) is 19.1 Å². The minimum absolute atomic E-state index is 0.587. The van der Waals surface area contributed by atoms with Crippen molar-refractivity contribution >= 4 is 0 Å². The largest absolute Gasteiger partial charge is 0.379 e. The van der Waals surface area contributed by atoms with Crippen molar-refractivity contribution in [2.45, 2.75) is 32.7 Å². The fourth-order valence-corrected chi connectivity index (χ4v) is 1.99. The van der Waals surface area contributed by atoms with E-state index in [9.17, 15) is 0 Å². The molecule has 0 aromatic heterocycles. The molecule has 1 aliphatic rings. The molecule has 0 radical (unpaired) electrons. The lowest BCUT2D eigenvalue weighted by molar-refractivity contribution is -0.00669. The number of ether oxygens (including phenoxy) is 1. The van der Waals surface area contributed by atoms with Gasteiger partial charge in [0.2, 0.25) is 0 Å². The number of nitrogens with zero attached hydrogens (tertiary/aromatic N) is 1. The number of rotatable bonds is 5. The summed E-state index contributed by atoms with van der Waals surface area (Å²) in [6, 6.07) is 0.587. The fourth-order valence-electron chi connectivity index (χ4n) is 1.99. The number of hydrogen-bond acceptors (Lipinski definition) is 3. The summed E-state index contributed by atoms with van der Waals surface area (Å²) in [7, 11) is 0. The van der Waals surface area contributed by atoms with Crippen molar-refractivity contribution in [1.29, 1.82) is 0 Å². The summed E-state index contributed by atoms with van der Waals surface area (Å²) < 4.78 is 5.41. The maximum Gasteiger partial charge on any atom is 0.0619 e. The zero-order valence-corrected chi connectivity index (χ0v) is 9.54. The molecule has 2 atom stereocenters. The molecule has 1 heterocycles. The first-order valence-corrected chi connectivity index (χ1v) is 5.76. The molecule has 2 unspecified atom stereocenters. The van der Waals surface area contributed by atoms with Crippen molar-refractivity contribution in [3.63, 3.8) is 0 Å². The lowest BCUT2D eigenvalue weighted by atomic mass is 10.0. The molecule has 1 fully saturated rings. The molecule has 0 amide bonds. The SMILES string of the molecule is CC(CCCN)CN1CCOCC1C. The Morgan fingerprint density at radius 2 is 2.36 bits per heavy atom. The molecule has 0 aromatic carbocycles. The average Bonchev–Trinajstić information content (AvgIpc) is 2.18.